The Morgan fingerprint density at radius 2 is 1.89 bits per heavy atom. The van der Waals surface area contributed by atoms with Crippen molar-refractivity contribution in [3.05, 3.63) is 57.1 Å². The quantitative estimate of drug-likeness (QED) is 0.364. The zero-order chi connectivity index (χ0) is 26.1. The van der Waals surface area contributed by atoms with E-state index in [4.69, 9.17) is 37.4 Å². The van der Waals surface area contributed by atoms with Crippen molar-refractivity contribution in [2.24, 2.45) is 5.92 Å². The summed E-state index contributed by atoms with van der Waals surface area (Å²) in [6.45, 7) is 13.3. The van der Waals surface area contributed by atoms with E-state index in [1.54, 1.807) is 0 Å². The molecule has 0 bridgehead atoms. The van der Waals surface area contributed by atoms with E-state index in [0.717, 1.165) is 61.5 Å². The van der Waals surface area contributed by atoms with Gasteiger partial charge in [-0.1, -0.05) is 49.2 Å². The van der Waals surface area contributed by atoms with Crippen molar-refractivity contribution in [1.82, 2.24) is 4.90 Å². The molecule has 7 heteroatoms. The Balaban J connectivity index is 1.36. The maximum Gasteiger partial charge on any atom is 0.310 e. The Morgan fingerprint density at radius 1 is 1.17 bits per heavy atom. The lowest BCUT2D eigenvalue weighted by Gasteiger charge is -2.39. The Hall–Kier alpha value is -1.95. The fourth-order valence-electron chi connectivity index (χ4n) is 5.09. The number of likely N-dealkylation sites (tertiary alicyclic amines) is 1. The summed E-state index contributed by atoms with van der Waals surface area (Å²) in [6.07, 6.45) is 2.83. The van der Waals surface area contributed by atoms with E-state index in [1.165, 1.54) is 5.56 Å². The van der Waals surface area contributed by atoms with Crippen LogP contribution < -0.4 is 9.47 Å². The molecule has 0 aromatic heterocycles. The third-order valence-electron chi connectivity index (χ3n) is 7.21. The number of carbonyl (C=O) groups excluding carboxylic acids is 1. The fourth-order valence-corrected chi connectivity index (χ4v) is 5.71. The third-order valence-corrected chi connectivity index (χ3v) is 8.04. The van der Waals surface area contributed by atoms with E-state index in [9.17, 15) is 4.79 Å². The van der Waals surface area contributed by atoms with Gasteiger partial charge in [-0.2, -0.15) is 0 Å². The van der Waals surface area contributed by atoms with Gasteiger partial charge in [0.15, 0.2) is 0 Å². The van der Waals surface area contributed by atoms with Crippen molar-refractivity contribution >= 4 is 29.2 Å². The number of aryl methyl sites for hydroxylation is 1. The number of carbonyl (C=O) groups is 1. The second kappa shape index (κ2) is 10.8. The normalized spacial score (nSPS) is 18.0. The van der Waals surface area contributed by atoms with Crippen molar-refractivity contribution in [2.45, 2.75) is 71.5 Å². The summed E-state index contributed by atoms with van der Waals surface area (Å²) >= 11 is 12.9. The number of hydrogen-bond donors (Lipinski definition) is 0. The number of piperidine rings is 1. The first-order chi connectivity index (χ1) is 17.0. The minimum atomic E-state index is -0.456. The zero-order valence-electron chi connectivity index (χ0n) is 22.0. The number of halogens is 2. The van der Waals surface area contributed by atoms with Gasteiger partial charge in [-0.05, 0) is 70.8 Å². The summed E-state index contributed by atoms with van der Waals surface area (Å²) in [5.41, 5.74) is 2.68. The lowest BCUT2D eigenvalue weighted by Crippen LogP contribution is -2.46. The number of hydrogen-bond acceptors (Lipinski definition) is 5. The summed E-state index contributed by atoms with van der Waals surface area (Å²) in [5.74, 6) is 1.35. The summed E-state index contributed by atoms with van der Waals surface area (Å²) in [4.78, 5) is 14.8. The molecule has 2 aliphatic heterocycles. The Bertz CT molecular complexity index is 1100. The third kappa shape index (κ3) is 5.95. The number of rotatable bonds is 7. The molecule has 1 saturated heterocycles. The molecule has 196 valence electrons. The van der Waals surface area contributed by atoms with Gasteiger partial charge in [-0.15, -0.1) is 0 Å². The van der Waals surface area contributed by atoms with Crippen molar-refractivity contribution in [3.63, 3.8) is 0 Å². The van der Waals surface area contributed by atoms with Crippen molar-refractivity contribution < 1.29 is 19.0 Å². The number of fused-ring (bicyclic) bond motifs is 2. The molecular weight excluding hydrogens is 497 g/mol. The van der Waals surface area contributed by atoms with Gasteiger partial charge in [0.25, 0.3) is 0 Å². The number of nitrogens with zero attached hydrogens (tertiary/aromatic N) is 1. The topological polar surface area (TPSA) is 48.0 Å². The molecule has 2 aliphatic rings. The molecule has 0 aliphatic carbocycles. The van der Waals surface area contributed by atoms with Gasteiger partial charge in [-0.3, -0.25) is 4.79 Å². The minimum absolute atomic E-state index is 0.0155. The van der Waals surface area contributed by atoms with Crippen LogP contribution in [0.4, 0.5) is 0 Å². The highest BCUT2D eigenvalue weighted by atomic mass is 35.5. The average Bonchev–Trinajstić information content (AvgIpc) is 3.17. The van der Waals surface area contributed by atoms with Crippen LogP contribution in [0, 0.1) is 5.92 Å². The second-order valence-electron chi connectivity index (χ2n) is 11.1. The summed E-state index contributed by atoms with van der Waals surface area (Å²) < 4.78 is 17.8. The Kier molecular flexibility index (Phi) is 8.13. The molecule has 2 heterocycles. The number of ether oxygens (including phenoxy) is 3. The Labute approximate surface area is 225 Å². The number of esters is 1. The second-order valence-corrected chi connectivity index (χ2v) is 11.9. The van der Waals surface area contributed by atoms with Gasteiger partial charge in [0.2, 0.25) is 0 Å². The first-order valence-electron chi connectivity index (χ1n) is 12.8. The van der Waals surface area contributed by atoms with Gasteiger partial charge in [-0.25, -0.2) is 0 Å². The number of benzene rings is 2. The molecule has 36 heavy (non-hydrogen) atoms. The van der Waals surface area contributed by atoms with E-state index < -0.39 is 5.60 Å². The maximum atomic E-state index is 12.4. The van der Waals surface area contributed by atoms with Gasteiger partial charge in [0.05, 0.1) is 17.5 Å². The summed E-state index contributed by atoms with van der Waals surface area (Å²) in [7, 11) is 0. The van der Waals surface area contributed by atoms with E-state index in [0.29, 0.717) is 23.3 Å². The summed E-state index contributed by atoms with van der Waals surface area (Å²) in [6, 6.07) is 9.97. The van der Waals surface area contributed by atoms with Gasteiger partial charge >= 0.3 is 5.97 Å². The molecule has 1 atom stereocenters. The van der Waals surface area contributed by atoms with E-state index in [1.807, 2.05) is 52.0 Å². The molecule has 4 rings (SSSR count). The molecule has 0 radical (unpaired) electrons. The average molecular weight is 535 g/mol. The van der Waals surface area contributed by atoms with Crippen molar-refractivity contribution in [3.8, 4) is 11.5 Å². The van der Waals surface area contributed by atoms with Gasteiger partial charge in [0, 0.05) is 34.2 Å². The molecule has 2 aromatic rings. The lowest BCUT2D eigenvalue weighted by molar-refractivity contribution is -0.160. The van der Waals surface area contributed by atoms with Crippen LogP contribution in [0.5, 0.6) is 11.5 Å². The maximum absolute atomic E-state index is 12.4. The molecule has 5 nitrogen and oxygen atoms in total. The van der Waals surface area contributed by atoms with E-state index in [2.05, 4.69) is 17.9 Å². The molecule has 2 aromatic carbocycles. The molecule has 1 fully saturated rings. The zero-order valence-corrected chi connectivity index (χ0v) is 23.5. The SMILES string of the molecule is CCc1ccc(Cl)c(COc2ccc3c(c2)OCC32CCN(CC(C)C(=O)OC(C)(C)C)CC2)c1Cl. The highest BCUT2D eigenvalue weighted by Gasteiger charge is 2.43. The van der Waals surface area contributed by atoms with Crippen LogP contribution >= 0.6 is 23.2 Å². The smallest absolute Gasteiger partial charge is 0.310 e. The summed E-state index contributed by atoms with van der Waals surface area (Å²) in [5, 5.41) is 1.29. The van der Waals surface area contributed by atoms with Crippen molar-refractivity contribution in [1.29, 1.82) is 0 Å². The van der Waals surface area contributed by atoms with Crippen LogP contribution in [0.25, 0.3) is 0 Å². The van der Waals surface area contributed by atoms with E-state index in [-0.39, 0.29) is 17.3 Å². The monoisotopic (exact) mass is 533 g/mol. The van der Waals surface area contributed by atoms with Gasteiger partial charge < -0.3 is 19.1 Å². The van der Waals surface area contributed by atoms with Crippen LogP contribution in [0.3, 0.4) is 0 Å². The highest BCUT2D eigenvalue weighted by Crippen LogP contribution is 2.47. The first-order valence-corrected chi connectivity index (χ1v) is 13.6. The first kappa shape index (κ1) is 27.1. The fraction of sp³-hybridized carbons (Fsp3) is 0.552. The molecule has 0 amide bonds. The molecular formula is C29H37Cl2NO4. The van der Waals surface area contributed by atoms with Crippen LogP contribution in [0.15, 0.2) is 30.3 Å². The van der Waals surface area contributed by atoms with Crippen LogP contribution in [0.2, 0.25) is 10.0 Å². The lowest BCUT2D eigenvalue weighted by atomic mass is 9.74. The van der Waals surface area contributed by atoms with Crippen molar-refractivity contribution in [2.75, 3.05) is 26.2 Å². The molecule has 1 spiro atoms. The molecule has 0 N–H and O–H groups in total. The van der Waals surface area contributed by atoms with E-state index >= 15 is 0 Å². The molecule has 0 saturated carbocycles. The van der Waals surface area contributed by atoms with Crippen LogP contribution in [-0.2, 0) is 28.0 Å². The Morgan fingerprint density at radius 3 is 2.56 bits per heavy atom. The largest absolute Gasteiger partial charge is 0.492 e. The predicted octanol–water partition coefficient (Wildman–Crippen LogP) is 6.84. The standard InChI is InChI=1S/C29H37Cl2NO4/c1-6-20-7-10-24(30)22(26(20)31)17-34-21-8-9-23-25(15-21)35-18-29(23)11-13-32(14-12-29)16-19(2)27(33)36-28(3,4)5/h7-10,15,19H,6,11-14,16-18H2,1-5H3. The predicted molar refractivity (Wildman–Crippen MR) is 144 cm³/mol. The van der Waals surface area contributed by atoms with Crippen LogP contribution in [0.1, 0.15) is 64.2 Å². The molecule has 1 unspecified atom stereocenters. The highest BCUT2D eigenvalue weighted by molar-refractivity contribution is 6.36. The van der Waals surface area contributed by atoms with Crippen LogP contribution in [-0.4, -0.2) is 42.7 Å². The minimum Gasteiger partial charge on any atom is -0.492 e. The van der Waals surface area contributed by atoms with Gasteiger partial charge in [0.1, 0.15) is 23.7 Å².